The minimum Gasteiger partial charge on any atom is -0.507 e. The number of nitrogens with zero attached hydrogens (tertiary/aromatic N) is 1. The average molecular weight is 612 g/mol. The van der Waals surface area contributed by atoms with E-state index in [0.29, 0.717) is 0 Å². The molecule has 0 spiro atoms. The Labute approximate surface area is 244 Å². The molecular formula is C28H33F4N5O6. The molecule has 0 radical (unpaired) electrons. The van der Waals surface area contributed by atoms with Crippen molar-refractivity contribution in [2.24, 2.45) is 11.8 Å². The molecule has 1 aromatic carbocycles. The monoisotopic (exact) mass is 611 g/mol. The molecule has 0 saturated carbocycles. The molecule has 0 bridgehead atoms. The lowest BCUT2D eigenvalue weighted by molar-refractivity contribution is -0.136. The van der Waals surface area contributed by atoms with Crippen LogP contribution in [0.15, 0.2) is 24.3 Å². The van der Waals surface area contributed by atoms with Crippen molar-refractivity contribution in [2.75, 3.05) is 0 Å². The first-order valence-corrected chi connectivity index (χ1v) is 13.5. The zero-order valence-electron chi connectivity index (χ0n) is 23.8. The number of hydrogen-bond donors (Lipinski definition) is 6. The van der Waals surface area contributed by atoms with Gasteiger partial charge in [-0.1, -0.05) is 32.9 Å². The summed E-state index contributed by atoms with van der Waals surface area (Å²) in [4.78, 5) is 55.5. The number of hydrogen-bond acceptors (Lipinski definition) is 7. The lowest BCUT2D eigenvalue weighted by Crippen LogP contribution is -2.64. The van der Waals surface area contributed by atoms with Crippen LogP contribution in [-0.2, 0) is 20.8 Å². The lowest BCUT2D eigenvalue weighted by Gasteiger charge is -2.34. The van der Waals surface area contributed by atoms with Crippen LogP contribution in [0.25, 0.3) is 0 Å². The molecule has 1 fully saturated rings. The van der Waals surface area contributed by atoms with Gasteiger partial charge in [-0.2, -0.15) is 18.2 Å². The Morgan fingerprint density at radius 2 is 1.60 bits per heavy atom. The van der Waals surface area contributed by atoms with Gasteiger partial charge in [-0.25, -0.2) is 4.39 Å². The van der Waals surface area contributed by atoms with Crippen molar-refractivity contribution in [3.05, 3.63) is 58.9 Å². The van der Waals surface area contributed by atoms with Crippen LogP contribution < -0.4 is 21.3 Å². The highest BCUT2D eigenvalue weighted by Gasteiger charge is 2.39. The molecular weight excluding hydrogens is 578 g/mol. The van der Waals surface area contributed by atoms with E-state index < -0.39 is 101 Å². The van der Waals surface area contributed by atoms with E-state index in [1.54, 1.807) is 13.8 Å². The van der Waals surface area contributed by atoms with Gasteiger partial charge in [0.1, 0.15) is 17.8 Å². The van der Waals surface area contributed by atoms with Crippen LogP contribution in [0.4, 0.5) is 17.6 Å². The van der Waals surface area contributed by atoms with Crippen molar-refractivity contribution < 1.29 is 47.0 Å². The molecule has 6 atom stereocenters. The predicted molar refractivity (Wildman–Crippen MR) is 143 cm³/mol. The third-order valence-corrected chi connectivity index (χ3v) is 7.10. The molecule has 6 N–H and O–H groups in total. The van der Waals surface area contributed by atoms with Gasteiger partial charge in [0.05, 0.1) is 29.7 Å². The Bertz CT molecular complexity index is 1390. The number of phenols is 1. The Morgan fingerprint density at radius 3 is 2.23 bits per heavy atom. The van der Waals surface area contributed by atoms with Gasteiger partial charge in [0.25, 0.3) is 11.9 Å². The summed E-state index contributed by atoms with van der Waals surface area (Å²) in [7, 11) is 0. The van der Waals surface area contributed by atoms with Crippen molar-refractivity contribution in [3.63, 3.8) is 0 Å². The quantitative estimate of drug-likeness (QED) is 0.211. The van der Waals surface area contributed by atoms with Crippen LogP contribution in [0, 0.1) is 35.4 Å². The fraction of sp³-hybridized carbons (Fsp3) is 0.464. The van der Waals surface area contributed by atoms with E-state index in [4.69, 9.17) is 0 Å². The Morgan fingerprint density at radius 1 is 0.953 bits per heavy atom. The first kappa shape index (κ1) is 33.2. The average Bonchev–Trinajstić information content (AvgIpc) is 2.94. The molecule has 6 unspecified atom stereocenters. The maximum atomic E-state index is 14.6. The molecule has 234 valence electrons. The minimum absolute atomic E-state index is 0.0982. The molecule has 2 heterocycles. The number of amides is 4. The van der Waals surface area contributed by atoms with Crippen LogP contribution >= 0.6 is 0 Å². The fourth-order valence-electron chi connectivity index (χ4n) is 4.66. The topological polar surface area (TPSA) is 170 Å². The number of aromatic hydroxyl groups is 1. The summed E-state index contributed by atoms with van der Waals surface area (Å²) in [6, 6.07) is -0.217. The highest BCUT2D eigenvalue weighted by molar-refractivity contribution is 6.00. The number of pyridine rings is 1. The number of aliphatic hydroxyl groups is 1. The van der Waals surface area contributed by atoms with Crippen molar-refractivity contribution in [1.29, 1.82) is 0 Å². The summed E-state index contributed by atoms with van der Waals surface area (Å²) >= 11 is 0. The molecule has 1 aliphatic heterocycles. The SMILES string of the molecule is CC(C)CC1NC(=O)C(C)C(O)C(Cc2c(F)nc(F)c(F)c2F)NC(=O)C(NC(=O)c2ccccc2O)C(C)NC1=O. The van der Waals surface area contributed by atoms with Crippen molar-refractivity contribution in [2.45, 2.75) is 70.8 Å². The number of aliphatic hydroxyl groups excluding tert-OH is 1. The van der Waals surface area contributed by atoms with Gasteiger partial charge in [-0.05, 0) is 31.4 Å². The molecule has 0 aliphatic carbocycles. The van der Waals surface area contributed by atoms with Gasteiger partial charge in [0, 0.05) is 12.0 Å². The largest absolute Gasteiger partial charge is 0.507 e. The standard InChI is InChI=1S/C28H33F4N5O6/c1-11(2)9-17-27(42)33-13(4)21(36-26(41)14-7-5-6-8-18(14)38)28(43)34-16(22(39)12(3)25(40)35-17)10-15-19(29)20(30)24(32)37-23(15)31/h5-8,11-13,16-17,21-22,38-39H,9-10H2,1-4H3,(H,33,42)(H,34,43)(H,35,40)(H,36,41). The molecule has 2 aromatic rings. The fourth-order valence-corrected chi connectivity index (χ4v) is 4.66. The van der Waals surface area contributed by atoms with E-state index in [9.17, 15) is 47.0 Å². The molecule has 1 aliphatic rings. The number of carbonyl (C=O) groups excluding carboxylic acids is 4. The number of benzene rings is 1. The van der Waals surface area contributed by atoms with E-state index in [1.165, 1.54) is 38.1 Å². The molecule has 1 aromatic heterocycles. The Kier molecular flexibility index (Phi) is 10.7. The van der Waals surface area contributed by atoms with E-state index in [0.717, 1.165) is 0 Å². The first-order valence-electron chi connectivity index (χ1n) is 13.5. The van der Waals surface area contributed by atoms with Crippen LogP contribution in [0.3, 0.4) is 0 Å². The first-order chi connectivity index (χ1) is 20.1. The van der Waals surface area contributed by atoms with Crippen LogP contribution in [0.5, 0.6) is 5.75 Å². The molecule has 11 nitrogen and oxygen atoms in total. The third kappa shape index (κ3) is 7.77. The van der Waals surface area contributed by atoms with Crippen LogP contribution in [0.2, 0.25) is 0 Å². The third-order valence-electron chi connectivity index (χ3n) is 7.10. The molecule has 43 heavy (non-hydrogen) atoms. The summed E-state index contributed by atoms with van der Waals surface area (Å²) in [5.74, 6) is -13.3. The van der Waals surface area contributed by atoms with Gasteiger partial charge >= 0.3 is 0 Å². The number of phenolic OH excluding ortho intramolecular Hbond substituents is 1. The number of halogens is 4. The summed E-state index contributed by atoms with van der Waals surface area (Å²) in [5.41, 5.74) is -1.33. The van der Waals surface area contributed by atoms with E-state index in [1.807, 2.05) is 0 Å². The van der Waals surface area contributed by atoms with Gasteiger partial charge in [0.2, 0.25) is 29.5 Å². The highest BCUT2D eigenvalue weighted by Crippen LogP contribution is 2.22. The van der Waals surface area contributed by atoms with Gasteiger partial charge < -0.3 is 31.5 Å². The highest BCUT2D eigenvalue weighted by atomic mass is 19.2. The van der Waals surface area contributed by atoms with E-state index in [2.05, 4.69) is 26.3 Å². The van der Waals surface area contributed by atoms with E-state index in [-0.39, 0.29) is 17.9 Å². The summed E-state index contributed by atoms with van der Waals surface area (Å²) < 4.78 is 56.5. The van der Waals surface area contributed by atoms with Gasteiger partial charge in [0.15, 0.2) is 5.82 Å². The second-order valence-electron chi connectivity index (χ2n) is 10.9. The Hall–Kier alpha value is -4.27. The number of aromatic nitrogens is 1. The minimum atomic E-state index is -2.09. The number of para-hydroxylation sites is 1. The molecule has 1 saturated heterocycles. The molecule has 4 amide bonds. The molecule has 15 heteroatoms. The summed E-state index contributed by atoms with van der Waals surface area (Å²) in [6.45, 7) is 6.16. The van der Waals surface area contributed by atoms with Crippen LogP contribution in [0.1, 0.15) is 50.0 Å². The summed E-state index contributed by atoms with van der Waals surface area (Å²) in [6.07, 6.45) is -2.72. The second kappa shape index (κ2) is 13.8. The van der Waals surface area contributed by atoms with Crippen molar-refractivity contribution in [3.8, 4) is 5.75 Å². The summed E-state index contributed by atoms with van der Waals surface area (Å²) in [5, 5.41) is 31.0. The predicted octanol–water partition coefficient (Wildman–Crippen LogP) is 1.22. The number of nitrogens with one attached hydrogen (secondary N) is 4. The zero-order valence-corrected chi connectivity index (χ0v) is 23.8. The maximum absolute atomic E-state index is 14.6. The second-order valence-corrected chi connectivity index (χ2v) is 10.9. The van der Waals surface area contributed by atoms with Crippen molar-refractivity contribution in [1.82, 2.24) is 26.3 Å². The molecule has 3 rings (SSSR count). The smallest absolute Gasteiger partial charge is 0.255 e. The van der Waals surface area contributed by atoms with Crippen LogP contribution in [-0.4, -0.2) is 69.1 Å². The van der Waals surface area contributed by atoms with Gasteiger partial charge in [-0.3, -0.25) is 19.2 Å². The Balaban J connectivity index is 2.07. The van der Waals surface area contributed by atoms with E-state index >= 15 is 0 Å². The number of rotatable bonds is 6. The zero-order chi connectivity index (χ0) is 32.2. The lowest BCUT2D eigenvalue weighted by atomic mass is 9.90. The van der Waals surface area contributed by atoms with Crippen molar-refractivity contribution >= 4 is 23.6 Å². The number of carbonyl (C=O) groups is 4. The maximum Gasteiger partial charge on any atom is 0.255 e. The normalized spacial score (nSPS) is 25.2. The van der Waals surface area contributed by atoms with Gasteiger partial charge in [-0.15, -0.1) is 0 Å².